The second kappa shape index (κ2) is 7.13. The number of phenolic OH excluding ortho intramolecular Hbond substituents is 1. The van der Waals surface area contributed by atoms with Gasteiger partial charge in [0, 0.05) is 12.1 Å². The van der Waals surface area contributed by atoms with Gasteiger partial charge in [0.2, 0.25) is 0 Å². The molecule has 6 heteroatoms. The van der Waals surface area contributed by atoms with Crippen LogP contribution < -0.4 is 9.96 Å². The van der Waals surface area contributed by atoms with Gasteiger partial charge in [-0.15, -0.1) is 0 Å². The van der Waals surface area contributed by atoms with E-state index >= 15 is 0 Å². The number of ether oxygens (including phenoxy) is 1. The van der Waals surface area contributed by atoms with Crippen molar-refractivity contribution in [2.24, 2.45) is 11.3 Å². The van der Waals surface area contributed by atoms with Crippen LogP contribution in [0.3, 0.4) is 0 Å². The zero-order valence-electron chi connectivity index (χ0n) is 16.8. The number of hydrogen-bond donors (Lipinski definition) is 3. The van der Waals surface area contributed by atoms with Crippen LogP contribution in [0.4, 0.5) is 5.69 Å². The molecule has 0 radical (unpaired) electrons. The first-order chi connectivity index (χ1) is 13.7. The average molecular weight is 397 g/mol. The zero-order valence-corrected chi connectivity index (χ0v) is 16.8. The number of hydrogen-bond acceptors (Lipinski definition) is 5. The summed E-state index contributed by atoms with van der Waals surface area (Å²) < 4.78 is 5.72. The molecule has 154 valence electrons. The third kappa shape index (κ3) is 3.31. The number of nitrogens with one attached hydrogen (secondary N) is 1. The van der Waals surface area contributed by atoms with E-state index in [4.69, 9.17) is 9.94 Å². The molecule has 1 unspecified atom stereocenters. The second-order valence-electron chi connectivity index (χ2n) is 8.84. The van der Waals surface area contributed by atoms with Gasteiger partial charge < -0.3 is 15.1 Å². The lowest BCUT2D eigenvalue weighted by Crippen LogP contribution is -2.99. The molecular formula is C23H27NO5. The SMILES string of the molecule is C[C@@]1(C(=O)Oc2ccc([NH+]([O-])O)cc2)CCC[C@]2(C)c3ccc(O)cc3CC[C@@H]12. The van der Waals surface area contributed by atoms with E-state index in [0.717, 1.165) is 32.1 Å². The van der Waals surface area contributed by atoms with Crippen molar-refractivity contribution < 1.29 is 25.1 Å². The van der Waals surface area contributed by atoms with Crippen LogP contribution in [0, 0.1) is 16.5 Å². The number of phenols is 1. The van der Waals surface area contributed by atoms with E-state index in [1.807, 2.05) is 19.1 Å². The zero-order chi connectivity index (χ0) is 20.8. The fraction of sp³-hybridized carbons (Fsp3) is 0.435. The predicted molar refractivity (Wildman–Crippen MR) is 107 cm³/mol. The molecule has 2 aromatic carbocycles. The van der Waals surface area contributed by atoms with Crippen LogP contribution in [0.5, 0.6) is 11.5 Å². The molecule has 2 aromatic rings. The molecule has 29 heavy (non-hydrogen) atoms. The van der Waals surface area contributed by atoms with E-state index in [0.29, 0.717) is 5.75 Å². The smallest absolute Gasteiger partial charge is 0.317 e. The van der Waals surface area contributed by atoms with E-state index in [9.17, 15) is 15.1 Å². The lowest BCUT2D eigenvalue weighted by molar-refractivity contribution is -0.991. The third-order valence-electron chi connectivity index (χ3n) is 7.12. The maximum Gasteiger partial charge on any atom is 0.317 e. The highest BCUT2D eigenvalue weighted by molar-refractivity contribution is 5.80. The van der Waals surface area contributed by atoms with E-state index in [1.165, 1.54) is 35.4 Å². The van der Waals surface area contributed by atoms with Gasteiger partial charge in [-0.3, -0.25) is 4.79 Å². The molecule has 0 saturated heterocycles. The summed E-state index contributed by atoms with van der Waals surface area (Å²) in [5.74, 6) is 0.550. The summed E-state index contributed by atoms with van der Waals surface area (Å²) in [5, 5.41) is 28.9. The number of benzene rings is 2. The molecule has 2 aliphatic carbocycles. The van der Waals surface area contributed by atoms with Crippen LogP contribution in [0.2, 0.25) is 0 Å². The Kier molecular flexibility index (Phi) is 4.89. The Labute approximate surface area is 170 Å². The molecule has 4 atom stereocenters. The van der Waals surface area contributed by atoms with Gasteiger partial charge in [0.1, 0.15) is 11.5 Å². The van der Waals surface area contributed by atoms with Crippen molar-refractivity contribution in [3.05, 3.63) is 58.8 Å². The first-order valence-electron chi connectivity index (χ1n) is 10.1. The highest BCUT2D eigenvalue weighted by Gasteiger charge is 2.55. The quantitative estimate of drug-likeness (QED) is 0.419. The number of aryl methyl sites for hydroxylation is 1. The Morgan fingerprint density at radius 2 is 1.90 bits per heavy atom. The summed E-state index contributed by atoms with van der Waals surface area (Å²) in [7, 11) is 0. The van der Waals surface area contributed by atoms with Crippen molar-refractivity contribution in [2.45, 2.75) is 51.4 Å². The molecule has 0 bridgehead atoms. The van der Waals surface area contributed by atoms with Gasteiger partial charge in [-0.25, -0.2) is 5.21 Å². The Bertz CT molecular complexity index is 925. The van der Waals surface area contributed by atoms with Gasteiger partial charge in [0.25, 0.3) is 0 Å². The van der Waals surface area contributed by atoms with Crippen LogP contribution in [-0.4, -0.2) is 16.3 Å². The number of carbonyl (C=O) groups is 1. The van der Waals surface area contributed by atoms with Crippen molar-refractivity contribution >= 4 is 11.7 Å². The van der Waals surface area contributed by atoms with Crippen LogP contribution in [-0.2, 0) is 16.6 Å². The Morgan fingerprint density at radius 3 is 2.59 bits per heavy atom. The maximum atomic E-state index is 13.3. The minimum Gasteiger partial charge on any atom is -0.595 e. The number of aromatic hydroxyl groups is 1. The third-order valence-corrected chi connectivity index (χ3v) is 7.12. The first-order valence-corrected chi connectivity index (χ1v) is 10.1. The fourth-order valence-electron chi connectivity index (χ4n) is 5.61. The molecule has 2 aliphatic rings. The highest BCUT2D eigenvalue weighted by Crippen LogP contribution is 2.57. The van der Waals surface area contributed by atoms with Crippen molar-refractivity contribution in [1.82, 2.24) is 0 Å². The molecule has 0 aromatic heterocycles. The highest BCUT2D eigenvalue weighted by atomic mass is 16.8. The van der Waals surface area contributed by atoms with Gasteiger partial charge >= 0.3 is 5.97 Å². The lowest BCUT2D eigenvalue weighted by Gasteiger charge is -2.54. The van der Waals surface area contributed by atoms with Crippen LogP contribution in [0.25, 0.3) is 0 Å². The summed E-state index contributed by atoms with van der Waals surface area (Å²) in [4.78, 5) is 13.3. The summed E-state index contributed by atoms with van der Waals surface area (Å²) in [6, 6.07) is 11.6. The van der Waals surface area contributed by atoms with Crippen LogP contribution in [0.1, 0.15) is 50.7 Å². The summed E-state index contributed by atoms with van der Waals surface area (Å²) in [6.45, 7) is 4.24. The van der Waals surface area contributed by atoms with Gasteiger partial charge in [0.05, 0.1) is 5.41 Å². The minimum absolute atomic E-state index is 0.138. The minimum atomic E-state index is -1.01. The van der Waals surface area contributed by atoms with E-state index in [-0.39, 0.29) is 28.7 Å². The normalized spacial score (nSPS) is 29.4. The lowest BCUT2D eigenvalue weighted by atomic mass is 9.50. The second-order valence-corrected chi connectivity index (χ2v) is 8.84. The maximum absolute atomic E-state index is 13.3. The number of quaternary nitrogens is 1. The number of carbonyl (C=O) groups excluding carboxylic acids is 1. The molecule has 0 amide bonds. The molecule has 0 heterocycles. The Morgan fingerprint density at radius 1 is 1.17 bits per heavy atom. The number of fused-ring (bicyclic) bond motifs is 3. The molecule has 1 fully saturated rings. The molecule has 1 saturated carbocycles. The molecule has 3 N–H and O–H groups in total. The Balaban J connectivity index is 1.61. The van der Waals surface area contributed by atoms with Crippen molar-refractivity contribution in [3.8, 4) is 11.5 Å². The topological polar surface area (TPSA) is 94.3 Å². The van der Waals surface area contributed by atoms with Gasteiger partial charge in [0.15, 0.2) is 5.69 Å². The van der Waals surface area contributed by atoms with Crippen molar-refractivity contribution in [2.75, 3.05) is 0 Å². The van der Waals surface area contributed by atoms with E-state index < -0.39 is 10.6 Å². The van der Waals surface area contributed by atoms with E-state index in [1.54, 1.807) is 6.07 Å². The summed E-state index contributed by atoms with van der Waals surface area (Å²) in [6.07, 6.45) is 4.41. The first kappa shape index (κ1) is 19.9. The molecule has 4 rings (SSSR count). The van der Waals surface area contributed by atoms with Gasteiger partial charge in [-0.1, -0.05) is 19.4 Å². The largest absolute Gasteiger partial charge is 0.595 e. The molecule has 0 spiro atoms. The predicted octanol–water partition coefficient (Wildman–Crippen LogP) is 3.41. The molecule has 0 aliphatic heterocycles. The van der Waals surface area contributed by atoms with Crippen LogP contribution in [0.15, 0.2) is 42.5 Å². The molecule has 6 nitrogen and oxygen atoms in total. The van der Waals surface area contributed by atoms with E-state index in [2.05, 4.69) is 6.92 Å². The van der Waals surface area contributed by atoms with Gasteiger partial charge in [-0.2, -0.15) is 5.23 Å². The summed E-state index contributed by atoms with van der Waals surface area (Å²) in [5.41, 5.74) is 1.81. The summed E-state index contributed by atoms with van der Waals surface area (Å²) >= 11 is 0. The number of esters is 1. The number of rotatable bonds is 3. The van der Waals surface area contributed by atoms with Crippen LogP contribution >= 0.6 is 0 Å². The average Bonchev–Trinajstić information content (AvgIpc) is 2.68. The van der Waals surface area contributed by atoms with Crippen molar-refractivity contribution in [1.29, 1.82) is 0 Å². The molecular weight excluding hydrogens is 370 g/mol. The Hall–Kier alpha value is -2.41. The fourth-order valence-corrected chi connectivity index (χ4v) is 5.61. The monoisotopic (exact) mass is 397 g/mol. The van der Waals surface area contributed by atoms with Crippen molar-refractivity contribution in [3.63, 3.8) is 0 Å². The van der Waals surface area contributed by atoms with Gasteiger partial charge in [-0.05, 0) is 79.3 Å². The standard InChI is InChI=1S/C23H27NO5/c1-22-12-3-13-23(2,20(22)11-4-15-14-17(25)7-10-19(15)22)21(26)29-18-8-5-16(6-9-18)24(27)28/h5-10,14,20,24-25,27H,3-4,11-13H2,1-2H3/t20-,22-,23-/m1/s1.